The van der Waals surface area contributed by atoms with Gasteiger partial charge in [0.15, 0.2) is 5.96 Å². The van der Waals surface area contributed by atoms with Gasteiger partial charge in [-0.05, 0) is 18.2 Å². The van der Waals surface area contributed by atoms with Gasteiger partial charge in [0, 0.05) is 32.6 Å². The second-order valence-corrected chi connectivity index (χ2v) is 5.87. The summed E-state index contributed by atoms with van der Waals surface area (Å²) in [6, 6.07) is 11.5. The van der Waals surface area contributed by atoms with E-state index in [0.717, 1.165) is 23.5 Å². The number of methoxy groups -OCH3 is 1. The highest BCUT2D eigenvalue weighted by molar-refractivity contribution is 5.86. The molecule has 0 fully saturated rings. The van der Waals surface area contributed by atoms with Crippen molar-refractivity contribution in [3.05, 3.63) is 54.0 Å². The smallest absolute Gasteiger partial charge is 0.241 e. The van der Waals surface area contributed by atoms with Gasteiger partial charge < -0.3 is 24.7 Å². The molecular weight excluding hydrogens is 332 g/mol. The Morgan fingerprint density at radius 2 is 2.00 bits per heavy atom. The van der Waals surface area contributed by atoms with Crippen LogP contribution < -0.4 is 15.4 Å². The second kappa shape index (κ2) is 10.1. The first-order valence-electron chi connectivity index (χ1n) is 8.46. The molecule has 26 heavy (non-hydrogen) atoms. The molecule has 0 spiro atoms. The molecule has 1 aromatic heterocycles. The SMILES string of the molecule is COc1ccccc1CN=C(NCCc1ccco1)NCC(=O)N(C)C. The summed E-state index contributed by atoms with van der Waals surface area (Å²) in [5.41, 5.74) is 0.973. The van der Waals surface area contributed by atoms with Gasteiger partial charge in [0.2, 0.25) is 5.91 Å². The molecule has 0 saturated carbocycles. The number of guanidine groups is 1. The molecule has 2 N–H and O–H groups in total. The number of carbonyl (C=O) groups excluding carboxylic acids is 1. The van der Waals surface area contributed by atoms with Gasteiger partial charge in [-0.15, -0.1) is 0 Å². The second-order valence-electron chi connectivity index (χ2n) is 5.87. The lowest BCUT2D eigenvalue weighted by molar-refractivity contribution is -0.127. The number of hydrogen-bond acceptors (Lipinski definition) is 4. The zero-order valence-corrected chi connectivity index (χ0v) is 15.5. The number of nitrogens with one attached hydrogen (secondary N) is 2. The lowest BCUT2D eigenvalue weighted by Crippen LogP contribution is -2.43. The van der Waals surface area contributed by atoms with Crippen molar-refractivity contribution >= 4 is 11.9 Å². The largest absolute Gasteiger partial charge is 0.496 e. The van der Waals surface area contributed by atoms with Gasteiger partial charge in [-0.3, -0.25) is 4.79 Å². The van der Waals surface area contributed by atoms with E-state index < -0.39 is 0 Å². The van der Waals surface area contributed by atoms with Crippen molar-refractivity contribution in [1.82, 2.24) is 15.5 Å². The summed E-state index contributed by atoms with van der Waals surface area (Å²) in [6.07, 6.45) is 2.38. The van der Waals surface area contributed by atoms with E-state index in [4.69, 9.17) is 9.15 Å². The molecule has 0 saturated heterocycles. The maximum atomic E-state index is 11.8. The molecule has 2 rings (SSSR count). The number of likely N-dealkylation sites (N-methyl/N-ethyl adjacent to an activating group) is 1. The van der Waals surface area contributed by atoms with Crippen LogP contribution in [0.15, 0.2) is 52.1 Å². The summed E-state index contributed by atoms with van der Waals surface area (Å²) in [7, 11) is 5.08. The standard InChI is InChI=1S/C19H26N4O3/c1-23(2)18(24)14-22-19(20-11-10-16-8-6-12-26-16)21-13-15-7-4-5-9-17(15)25-3/h4-9,12H,10-11,13-14H2,1-3H3,(H2,20,21,22). The first-order chi connectivity index (χ1) is 12.6. The molecular formula is C19H26N4O3. The van der Waals surface area contributed by atoms with Gasteiger partial charge in [0.25, 0.3) is 0 Å². The summed E-state index contributed by atoms with van der Waals surface area (Å²) in [5, 5.41) is 6.29. The Morgan fingerprint density at radius 1 is 1.19 bits per heavy atom. The van der Waals surface area contributed by atoms with Gasteiger partial charge in [-0.1, -0.05) is 18.2 Å². The van der Waals surface area contributed by atoms with Crippen LogP contribution in [-0.4, -0.2) is 51.1 Å². The predicted molar refractivity (Wildman–Crippen MR) is 101 cm³/mol. The first-order valence-corrected chi connectivity index (χ1v) is 8.46. The van der Waals surface area contributed by atoms with Crippen molar-refractivity contribution in [1.29, 1.82) is 0 Å². The predicted octanol–water partition coefficient (Wildman–Crippen LogP) is 1.65. The van der Waals surface area contributed by atoms with Crippen LogP contribution in [0.4, 0.5) is 0 Å². The summed E-state index contributed by atoms with van der Waals surface area (Å²) >= 11 is 0. The molecule has 0 atom stereocenters. The summed E-state index contributed by atoms with van der Waals surface area (Å²) in [5.74, 6) is 2.22. The minimum absolute atomic E-state index is 0.0252. The number of rotatable bonds is 8. The Labute approximate surface area is 154 Å². The Morgan fingerprint density at radius 3 is 2.69 bits per heavy atom. The van der Waals surface area contributed by atoms with Crippen molar-refractivity contribution in [2.24, 2.45) is 4.99 Å². The summed E-state index contributed by atoms with van der Waals surface area (Å²) in [6.45, 7) is 1.25. The highest BCUT2D eigenvalue weighted by Gasteiger charge is 2.07. The average molecular weight is 358 g/mol. The normalized spacial score (nSPS) is 11.1. The third-order valence-electron chi connectivity index (χ3n) is 3.75. The molecule has 7 heteroatoms. The highest BCUT2D eigenvalue weighted by atomic mass is 16.5. The molecule has 1 aromatic carbocycles. The third kappa shape index (κ3) is 6.16. The number of carbonyl (C=O) groups is 1. The van der Waals surface area contributed by atoms with Crippen molar-refractivity contribution in [2.75, 3.05) is 34.3 Å². The third-order valence-corrected chi connectivity index (χ3v) is 3.75. The van der Waals surface area contributed by atoms with Crippen molar-refractivity contribution in [2.45, 2.75) is 13.0 Å². The van der Waals surface area contributed by atoms with E-state index in [1.807, 2.05) is 36.4 Å². The fourth-order valence-corrected chi connectivity index (χ4v) is 2.25. The highest BCUT2D eigenvalue weighted by Crippen LogP contribution is 2.17. The van der Waals surface area contributed by atoms with Crippen LogP contribution >= 0.6 is 0 Å². The molecule has 0 aliphatic carbocycles. The van der Waals surface area contributed by atoms with Crippen molar-refractivity contribution in [3.63, 3.8) is 0 Å². The Kier molecular flexibility index (Phi) is 7.54. The van der Waals surface area contributed by atoms with E-state index in [-0.39, 0.29) is 12.5 Å². The summed E-state index contributed by atoms with van der Waals surface area (Å²) < 4.78 is 10.7. The lowest BCUT2D eigenvalue weighted by atomic mass is 10.2. The molecule has 0 aliphatic rings. The zero-order chi connectivity index (χ0) is 18.8. The van der Waals surface area contributed by atoms with E-state index in [1.54, 1.807) is 27.5 Å². The molecule has 1 amide bonds. The van der Waals surface area contributed by atoms with Crippen LogP contribution in [0.3, 0.4) is 0 Å². The van der Waals surface area contributed by atoms with Crippen LogP contribution in [-0.2, 0) is 17.8 Å². The summed E-state index contributed by atoms with van der Waals surface area (Å²) in [4.78, 5) is 17.9. The van der Waals surface area contributed by atoms with Gasteiger partial charge in [0.1, 0.15) is 11.5 Å². The topological polar surface area (TPSA) is 79.1 Å². The molecule has 140 valence electrons. The number of benzene rings is 1. The van der Waals surface area contributed by atoms with E-state index >= 15 is 0 Å². The molecule has 0 unspecified atom stereocenters. The van der Waals surface area contributed by atoms with Gasteiger partial charge in [0.05, 0.1) is 26.5 Å². The number of nitrogens with zero attached hydrogens (tertiary/aromatic N) is 2. The molecule has 1 heterocycles. The fraction of sp³-hybridized carbons (Fsp3) is 0.368. The molecule has 0 bridgehead atoms. The van der Waals surface area contributed by atoms with E-state index in [0.29, 0.717) is 19.0 Å². The van der Waals surface area contributed by atoms with Gasteiger partial charge in [-0.2, -0.15) is 0 Å². The van der Waals surface area contributed by atoms with E-state index in [2.05, 4.69) is 15.6 Å². The minimum Gasteiger partial charge on any atom is -0.496 e. The lowest BCUT2D eigenvalue weighted by Gasteiger charge is -2.15. The van der Waals surface area contributed by atoms with Gasteiger partial charge in [-0.25, -0.2) is 4.99 Å². The van der Waals surface area contributed by atoms with Crippen LogP contribution in [0.1, 0.15) is 11.3 Å². The molecule has 2 aromatic rings. The quantitative estimate of drug-likeness (QED) is 0.554. The number of ether oxygens (including phenoxy) is 1. The fourth-order valence-electron chi connectivity index (χ4n) is 2.25. The van der Waals surface area contributed by atoms with Crippen LogP contribution in [0.5, 0.6) is 5.75 Å². The molecule has 7 nitrogen and oxygen atoms in total. The maximum absolute atomic E-state index is 11.8. The maximum Gasteiger partial charge on any atom is 0.241 e. The number of para-hydroxylation sites is 1. The van der Waals surface area contributed by atoms with Crippen LogP contribution in [0.2, 0.25) is 0 Å². The van der Waals surface area contributed by atoms with E-state index in [1.165, 1.54) is 4.90 Å². The number of amides is 1. The molecule has 0 radical (unpaired) electrons. The van der Waals surface area contributed by atoms with Crippen LogP contribution in [0, 0.1) is 0 Å². The number of furan rings is 1. The Balaban J connectivity index is 1.99. The molecule has 0 aliphatic heterocycles. The van der Waals surface area contributed by atoms with Gasteiger partial charge >= 0.3 is 0 Å². The Hall–Kier alpha value is -2.96. The average Bonchev–Trinajstić information content (AvgIpc) is 3.16. The number of hydrogen-bond donors (Lipinski definition) is 2. The first kappa shape index (κ1) is 19.4. The minimum atomic E-state index is -0.0252. The van der Waals surface area contributed by atoms with Crippen LogP contribution in [0.25, 0.3) is 0 Å². The van der Waals surface area contributed by atoms with Crippen molar-refractivity contribution in [3.8, 4) is 5.75 Å². The number of aliphatic imine (C=N–C) groups is 1. The monoisotopic (exact) mass is 358 g/mol. The zero-order valence-electron chi connectivity index (χ0n) is 15.5. The van der Waals surface area contributed by atoms with E-state index in [9.17, 15) is 4.79 Å². The Bertz CT molecular complexity index is 711. The van der Waals surface area contributed by atoms with Crippen molar-refractivity contribution < 1.29 is 13.9 Å².